The van der Waals surface area contributed by atoms with Gasteiger partial charge in [-0.25, -0.2) is 0 Å². The molecule has 0 saturated heterocycles. The number of aliphatic hydroxyl groups excluding tert-OH is 1. The van der Waals surface area contributed by atoms with Crippen LogP contribution < -0.4 is 10.1 Å². The van der Waals surface area contributed by atoms with Gasteiger partial charge in [-0.3, -0.25) is 4.98 Å². The summed E-state index contributed by atoms with van der Waals surface area (Å²) >= 11 is 0. The second kappa shape index (κ2) is 7.82. The molecule has 0 spiro atoms. The Morgan fingerprint density at radius 2 is 2.15 bits per heavy atom. The zero-order valence-electron chi connectivity index (χ0n) is 11.9. The van der Waals surface area contributed by atoms with Crippen LogP contribution in [0.1, 0.15) is 19.8 Å². The molecule has 1 aromatic carbocycles. The van der Waals surface area contributed by atoms with E-state index < -0.39 is 0 Å². The third-order valence-corrected chi connectivity index (χ3v) is 3.20. The molecule has 0 bridgehead atoms. The Labute approximate surface area is 119 Å². The molecular formula is C16H22N2O2. The van der Waals surface area contributed by atoms with Gasteiger partial charge in [0.1, 0.15) is 17.9 Å². The van der Waals surface area contributed by atoms with Gasteiger partial charge in [-0.2, -0.15) is 0 Å². The van der Waals surface area contributed by atoms with Crippen molar-refractivity contribution in [2.45, 2.75) is 25.8 Å². The molecule has 4 heteroatoms. The number of ether oxygens (including phenoxy) is 1. The third kappa shape index (κ3) is 3.92. The minimum Gasteiger partial charge on any atom is -0.490 e. The summed E-state index contributed by atoms with van der Waals surface area (Å²) in [4.78, 5) is 4.37. The van der Waals surface area contributed by atoms with E-state index in [1.807, 2.05) is 30.3 Å². The molecule has 1 unspecified atom stereocenters. The van der Waals surface area contributed by atoms with Gasteiger partial charge in [0.25, 0.3) is 0 Å². The summed E-state index contributed by atoms with van der Waals surface area (Å²) in [5, 5.41) is 13.6. The first-order chi connectivity index (χ1) is 9.85. The van der Waals surface area contributed by atoms with Crippen molar-refractivity contribution in [3.8, 4) is 5.75 Å². The Morgan fingerprint density at radius 3 is 2.95 bits per heavy atom. The first kappa shape index (κ1) is 14.8. The van der Waals surface area contributed by atoms with Crippen molar-refractivity contribution < 1.29 is 9.84 Å². The number of fused-ring (bicyclic) bond motifs is 1. The third-order valence-electron chi connectivity index (χ3n) is 3.20. The molecule has 20 heavy (non-hydrogen) atoms. The van der Waals surface area contributed by atoms with Gasteiger partial charge in [-0.1, -0.05) is 25.1 Å². The number of nitrogens with one attached hydrogen (secondary N) is 1. The molecule has 4 nitrogen and oxygen atoms in total. The van der Waals surface area contributed by atoms with Crippen LogP contribution in [0.3, 0.4) is 0 Å². The van der Waals surface area contributed by atoms with Crippen molar-refractivity contribution in [2.24, 2.45) is 0 Å². The fraction of sp³-hybridized carbons (Fsp3) is 0.438. The predicted octanol–water partition coefficient (Wildman–Crippen LogP) is 2.36. The van der Waals surface area contributed by atoms with Crippen LogP contribution in [0, 0.1) is 0 Å². The molecule has 0 radical (unpaired) electrons. The SMILES string of the molecule is CCCNC(CCO)COc1cccc2cccnc12. The number of hydrogen-bond donors (Lipinski definition) is 2. The Balaban J connectivity index is 2.03. The first-order valence-electron chi connectivity index (χ1n) is 7.16. The first-order valence-corrected chi connectivity index (χ1v) is 7.16. The molecule has 108 valence electrons. The largest absolute Gasteiger partial charge is 0.490 e. The Hall–Kier alpha value is -1.65. The van der Waals surface area contributed by atoms with E-state index in [0.29, 0.717) is 13.0 Å². The van der Waals surface area contributed by atoms with Crippen molar-refractivity contribution in [1.82, 2.24) is 10.3 Å². The highest BCUT2D eigenvalue weighted by molar-refractivity contribution is 5.84. The van der Waals surface area contributed by atoms with E-state index in [0.717, 1.165) is 29.6 Å². The van der Waals surface area contributed by atoms with E-state index >= 15 is 0 Å². The lowest BCUT2D eigenvalue weighted by atomic mass is 10.2. The zero-order chi connectivity index (χ0) is 14.2. The summed E-state index contributed by atoms with van der Waals surface area (Å²) in [6.45, 7) is 3.76. The number of benzene rings is 1. The quantitative estimate of drug-likeness (QED) is 0.776. The lowest BCUT2D eigenvalue weighted by molar-refractivity contribution is 0.215. The number of hydrogen-bond acceptors (Lipinski definition) is 4. The monoisotopic (exact) mass is 274 g/mol. The average Bonchev–Trinajstić information content (AvgIpc) is 2.50. The summed E-state index contributed by atoms with van der Waals surface area (Å²) in [6.07, 6.45) is 3.53. The van der Waals surface area contributed by atoms with E-state index in [2.05, 4.69) is 17.2 Å². The fourth-order valence-corrected chi connectivity index (χ4v) is 2.13. The summed E-state index contributed by atoms with van der Waals surface area (Å²) in [5.74, 6) is 0.796. The number of aliphatic hydroxyl groups is 1. The van der Waals surface area contributed by atoms with Crippen LogP contribution in [0.5, 0.6) is 5.75 Å². The molecule has 0 aliphatic heterocycles. The summed E-state index contributed by atoms with van der Waals surface area (Å²) in [5.41, 5.74) is 0.883. The molecule has 0 fully saturated rings. The van der Waals surface area contributed by atoms with Crippen molar-refractivity contribution >= 4 is 10.9 Å². The minimum atomic E-state index is 0.165. The van der Waals surface area contributed by atoms with Crippen LogP contribution in [-0.2, 0) is 0 Å². The molecular weight excluding hydrogens is 252 g/mol. The van der Waals surface area contributed by atoms with E-state index in [-0.39, 0.29) is 12.6 Å². The molecule has 0 aliphatic rings. The van der Waals surface area contributed by atoms with E-state index in [4.69, 9.17) is 9.84 Å². The van der Waals surface area contributed by atoms with Gasteiger partial charge < -0.3 is 15.2 Å². The molecule has 1 heterocycles. The van der Waals surface area contributed by atoms with E-state index in [9.17, 15) is 0 Å². The lowest BCUT2D eigenvalue weighted by Gasteiger charge is -2.18. The number of nitrogens with zero attached hydrogens (tertiary/aromatic N) is 1. The topological polar surface area (TPSA) is 54.4 Å². The normalized spacial score (nSPS) is 12.5. The number of rotatable bonds is 8. The van der Waals surface area contributed by atoms with Gasteiger partial charge in [0.05, 0.1) is 0 Å². The molecule has 1 aromatic heterocycles. The average molecular weight is 274 g/mol. The Bertz CT molecular complexity index is 525. The highest BCUT2D eigenvalue weighted by Gasteiger charge is 2.09. The molecule has 0 amide bonds. The summed E-state index contributed by atoms with van der Waals surface area (Å²) < 4.78 is 5.89. The standard InChI is InChI=1S/C16H22N2O2/c1-2-9-17-14(8-11-19)12-20-15-7-3-5-13-6-4-10-18-16(13)15/h3-7,10,14,17,19H,2,8-9,11-12H2,1H3. The van der Waals surface area contributed by atoms with Crippen molar-refractivity contribution in [2.75, 3.05) is 19.8 Å². The van der Waals surface area contributed by atoms with Crippen LogP contribution in [0.25, 0.3) is 10.9 Å². The maximum Gasteiger partial charge on any atom is 0.145 e. The van der Waals surface area contributed by atoms with Crippen LogP contribution in [-0.4, -0.2) is 35.9 Å². The van der Waals surface area contributed by atoms with Gasteiger partial charge in [0, 0.05) is 24.2 Å². The Morgan fingerprint density at radius 1 is 1.30 bits per heavy atom. The van der Waals surface area contributed by atoms with Gasteiger partial charge >= 0.3 is 0 Å². The van der Waals surface area contributed by atoms with Crippen LogP contribution >= 0.6 is 0 Å². The molecule has 2 N–H and O–H groups in total. The molecule has 2 aromatic rings. The van der Waals surface area contributed by atoms with Crippen LogP contribution in [0.4, 0.5) is 0 Å². The predicted molar refractivity (Wildman–Crippen MR) is 81.0 cm³/mol. The summed E-state index contributed by atoms with van der Waals surface area (Å²) in [6, 6.07) is 10.0. The highest BCUT2D eigenvalue weighted by atomic mass is 16.5. The molecule has 1 atom stereocenters. The lowest BCUT2D eigenvalue weighted by Crippen LogP contribution is -2.36. The molecule has 0 aliphatic carbocycles. The van der Waals surface area contributed by atoms with E-state index in [1.54, 1.807) is 6.20 Å². The minimum absolute atomic E-state index is 0.165. The zero-order valence-corrected chi connectivity index (χ0v) is 11.9. The maximum absolute atomic E-state index is 9.10. The number of pyridine rings is 1. The Kier molecular flexibility index (Phi) is 5.77. The van der Waals surface area contributed by atoms with Crippen molar-refractivity contribution in [3.05, 3.63) is 36.5 Å². The summed E-state index contributed by atoms with van der Waals surface area (Å²) in [7, 11) is 0. The second-order valence-electron chi connectivity index (χ2n) is 4.81. The number of para-hydroxylation sites is 1. The number of aromatic nitrogens is 1. The van der Waals surface area contributed by atoms with Gasteiger partial charge in [0.2, 0.25) is 0 Å². The van der Waals surface area contributed by atoms with Gasteiger partial charge in [0.15, 0.2) is 0 Å². The smallest absolute Gasteiger partial charge is 0.145 e. The highest BCUT2D eigenvalue weighted by Crippen LogP contribution is 2.23. The van der Waals surface area contributed by atoms with Crippen molar-refractivity contribution in [3.63, 3.8) is 0 Å². The van der Waals surface area contributed by atoms with E-state index in [1.165, 1.54) is 0 Å². The second-order valence-corrected chi connectivity index (χ2v) is 4.81. The fourth-order valence-electron chi connectivity index (χ4n) is 2.13. The maximum atomic E-state index is 9.10. The van der Waals surface area contributed by atoms with Gasteiger partial charge in [-0.05, 0) is 31.5 Å². The molecule has 0 saturated carbocycles. The van der Waals surface area contributed by atoms with Crippen molar-refractivity contribution in [1.29, 1.82) is 0 Å². The molecule has 2 rings (SSSR count). The van der Waals surface area contributed by atoms with Crippen LogP contribution in [0.15, 0.2) is 36.5 Å². The van der Waals surface area contributed by atoms with Gasteiger partial charge in [-0.15, -0.1) is 0 Å². The van der Waals surface area contributed by atoms with Crippen LogP contribution in [0.2, 0.25) is 0 Å².